The van der Waals surface area contributed by atoms with Crippen LogP contribution >= 0.6 is 0 Å². The van der Waals surface area contributed by atoms with Crippen molar-refractivity contribution < 1.29 is 13.2 Å². The molecule has 0 bridgehead atoms. The second-order valence-electron chi connectivity index (χ2n) is 8.12. The Hall–Kier alpha value is -3.61. The maximum absolute atomic E-state index is 14.2. The Morgan fingerprint density at radius 1 is 0.812 bits per heavy atom. The Bertz CT molecular complexity index is 1270. The van der Waals surface area contributed by atoms with Crippen LogP contribution in [0.3, 0.4) is 0 Å². The second-order valence-corrected chi connectivity index (χ2v) is 8.12. The van der Waals surface area contributed by atoms with Crippen molar-refractivity contribution in [2.24, 2.45) is 0 Å². The van der Waals surface area contributed by atoms with Gasteiger partial charge in [-0.3, -0.25) is 0 Å². The van der Waals surface area contributed by atoms with Crippen LogP contribution in [0, 0.1) is 13.8 Å². The first-order chi connectivity index (χ1) is 15.1. The first-order valence-electron chi connectivity index (χ1n) is 10.1. The molecule has 7 heteroatoms. The van der Waals surface area contributed by atoms with E-state index in [4.69, 9.17) is 5.73 Å². The highest BCUT2D eigenvalue weighted by atomic mass is 19.4. The van der Waals surface area contributed by atoms with E-state index in [1.54, 1.807) is 12.1 Å². The van der Waals surface area contributed by atoms with Crippen LogP contribution in [0.5, 0.6) is 0 Å². The molecule has 0 aliphatic rings. The topological polar surface area (TPSA) is 63.8 Å². The molecule has 0 saturated carbocycles. The summed E-state index contributed by atoms with van der Waals surface area (Å²) in [5.41, 5.74) is 7.85. The number of aryl methyl sites for hydroxylation is 2. The summed E-state index contributed by atoms with van der Waals surface area (Å²) < 4.78 is 42.6. The minimum Gasteiger partial charge on any atom is -0.399 e. The SMILES string of the molecule is Cc1cc2ncnc(Nc3ccc(C(C)(c4ccc(N)cc4)C(F)(F)F)cc3)c2cc1C. The molecule has 0 radical (unpaired) electrons. The number of nitrogen functional groups attached to an aromatic ring is 1. The zero-order valence-electron chi connectivity index (χ0n) is 18.0. The molecule has 4 nitrogen and oxygen atoms in total. The van der Waals surface area contributed by atoms with Crippen molar-refractivity contribution >= 4 is 28.1 Å². The van der Waals surface area contributed by atoms with Gasteiger partial charge in [0.1, 0.15) is 17.6 Å². The fraction of sp³-hybridized carbons (Fsp3) is 0.200. The summed E-state index contributed by atoms with van der Waals surface area (Å²) in [7, 11) is 0. The summed E-state index contributed by atoms with van der Waals surface area (Å²) in [4.78, 5) is 8.64. The molecular weight excluding hydrogens is 413 g/mol. The van der Waals surface area contributed by atoms with E-state index in [-0.39, 0.29) is 11.1 Å². The van der Waals surface area contributed by atoms with Crippen molar-refractivity contribution in [2.45, 2.75) is 32.4 Å². The molecule has 1 atom stereocenters. The lowest BCUT2D eigenvalue weighted by Crippen LogP contribution is -2.40. The summed E-state index contributed by atoms with van der Waals surface area (Å²) in [6, 6.07) is 16.1. The van der Waals surface area contributed by atoms with Crippen molar-refractivity contribution in [2.75, 3.05) is 11.1 Å². The standard InChI is InChI=1S/C25H23F3N4/c1-15-12-21-22(13-16(15)2)30-14-31-23(21)32-20-10-6-18(7-11-20)24(3,25(26,27)28)17-4-8-19(29)9-5-17/h4-14H,29H2,1-3H3,(H,30,31,32). The van der Waals surface area contributed by atoms with Crippen molar-refractivity contribution in [3.05, 3.63) is 89.2 Å². The Morgan fingerprint density at radius 3 is 1.97 bits per heavy atom. The summed E-state index contributed by atoms with van der Waals surface area (Å²) >= 11 is 0. The number of benzene rings is 3. The van der Waals surface area contributed by atoms with Crippen LogP contribution < -0.4 is 11.1 Å². The van der Waals surface area contributed by atoms with Gasteiger partial charge in [0.25, 0.3) is 0 Å². The summed E-state index contributed by atoms with van der Waals surface area (Å²) in [5.74, 6) is 0.600. The molecule has 3 aromatic carbocycles. The zero-order chi connectivity index (χ0) is 23.1. The first kappa shape index (κ1) is 21.6. The van der Waals surface area contributed by atoms with Crippen molar-refractivity contribution in [1.82, 2.24) is 9.97 Å². The number of rotatable bonds is 4. The molecule has 32 heavy (non-hydrogen) atoms. The summed E-state index contributed by atoms with van der Waals surface area (Å²) in [6.45, 7) is 5.21. The minimum absolute atomic E-state index is 0.132. The molecule has 1 heterocycles. The third-order valence-corrected chi connectivity index (χ3v) is 6.03. The molecule has 1 aromatic heterocycles. The third kappa shape index (κ3) is 3.75. The number of hydrogen-bond acceptors (Lipinski definition) is 4. The zero-order valence-corrected chi connectivity index (χ0v) is 18.0. The van der Waals surface area contributed by atoms with E-state index in [2.05, 4.69) is 15.3 Å². The van der Waals surface area contributed by atoms with Crippen LogP contribution in [-0.2, 0) is 5.41 Å². The molecule has 0 aliphatic carbocycles. The minimum atomic E-state index is -4.49. The highest BCUT2D eigenvalue weighted by Crippen LogP contribution is 2.46. The molecule has 164 valence electrons. The molecule has 0 amide bonds. The van der Waals surface area contributed by atoms with E-state index < -0.39 is 11.6 Å². The number of fused-ring (bicyclic) bond motifs is 1. The van der Waals surface area contributed by atoms with Gasteiger partial charge in [-0.1, -0.05) is 24.3 Å². The molecule has 0 spiro atoms. The number of nitrogens with zero attached hydrogens (tertiary/aromatic N) is 2. The average molecular weight is 436 g/mol. The number of anilines is 3. The van der Waals surface area contributed by atoms with Gasteiger partial charge >= 0.3 is 6.18 Å². The first-order valence-corrected chi connectivity index (χ1v) is 10.1. The van der Waals surface area contributed by atoms with Crippen LogP contribution in [0.15, 0.2) is 67.0 Å². The molecular formula is C25H23F3N4. The van der Waals surface area contributed by atoms with Gasteiger partial charge in [0, 0.05) is 16.8 Å². The number of nitrogens with one attached hydrogen (secondary N) is 1. The maximum Gasteiger partial charge on any atom is 0.402 e. The third-order valence-electron chi connectivity index (χ3n) is 6.03. The van der Waals surface area contributed by atoms with Gasteiger partial charge in [0.2, 0.25) is 0 Å². The average Bonchev–Trinajstić information content (AvgIpc) is 2.75. The number of halogens is 3. The monoisotopic (exact) mass is 436 g/mol. The van der Waals surface area contributed by atoms with Gasteiger partial charge in [-0.05, 0) is 79.4 Å². The molecule has 3 N–H and O–H groups in total. The Kier molecular flexibility index (Phi) is 5.28. The Morgan fingerprint density at radius 2 is 1.38 bits per heavy atom. The van der Waals surface area contributed by atoms with Crippen molar-refractivity contribution in [1.29, 1.82) is 0 Å². The summed E-state index contributed by atoms with van der Waals surface area (Å²) in [5, 5.41) is 4.06. The summed E-state index contributed by atoms with van der Waals surface area (Å²) in [6.07, 6.45) is -3.02. The van der Waals surface area contributed by atoms with Gasteiger partial charge < -0.3 is 11.1 Å². The van der Waals surface area contributed by atoms with Crippen LogP contribution in [0.4, 0.5) is 30.4 Å². The fourth-order valence-electron chi connectivity index (χ4n) is 3.75. The Balaban J connectivity index is 1.70. The van der Waals surface area contributed by atoms with E-state index in [1.165, 1.54) is 49.6 Å². The highest BCUT2D eigenvalue weighted by Gasteiger charge is 2.53. The van der Waals surface area contributed by atoms with Crippen molar-refractivity contribution in [3.63, 3.8) is 0 Å². The van der Waals surface area contributed by atoms with Crippen LogP contribution in [0.25, 0.3) is 10.9 Å². The number of alkyl halides is 3. The van der Waals surface area contributed by atoms with E-state index in [0.717, 1.165) is 22.0 Å². The van der Waals surface area contributed by atoms with Crippen LogP contribution in [0.1, 0.15) is 29.2 Å². The van der Waals surface area contributed by atoms with E-state index in [9.17, 15) is 13.2 Å². The fourth-order valence-corrected chi connectivity index (χ4v) is 3.75. The quantitative estimate of drug-likeness (QED) is 0.361. The molecule has 1 unspecified atom stereocenters. The van der Waals surface area contributed by atoms with Gasteiger partial charge in [-0.2, -0.15) is 13.2 Å². The van der Waals surface area contributed by atoms with Crippen LogP contribution in [0.2, 0.25) is 0 Å². The lowest BCUT2D eigenvalue weighted by molar-refractivity contribution is -0.173. The highest BCUT2D eigenvalue weighted by molar-refractivity contribution is 5.91. The Labute approximate surface area is 184 Å². The molecule has 0 aliphatic heterocycles. The maximum atomic E-state index is 14.2. The second kappa shape index (κ2) is 7.82. The lowest BCUT2D eigenvalue weighted by Gasteiger charge is -2.33. The number of aromatic nitrogens is 2. The van der Waals surface area contributed by atoms with E-state index >= 15 is 0 Å². The molecule has 4 aromatic rings. The van der Waals surface area contributed by atoms with Gasteiger partial charge in [-0.15, -0.1) is 0 Å². The predicted molar refractivity (Wildman–Crippen MR) is 122 cm³/mol. The van der Waals surface area contributed by atoms with Gasteiger partial charge in [-0.25, -0.2) is 9.97 Å². The number of nitrogens with two attached hydrogens (primary N) is 1. The molecule has 0 fully saturated rings. The van der Waals surface area contributed by atoms with Gasteiger partial charge in [0.05, 0.1) is 5.52 Å². The van der Waals surface area contributed by atoms with E-state index in [0.29, 0.717) is 17.2 Å². The smallest absolute Gasteiger partial charge is 0.399 e. The normalized spacial score (nSPS) is 13.7. The number of hydrogen-bond donors (Lipinski definition) is 2. The van der Waals surface area contributed by atoms with Crippen molar-refractivity contribution in [3.8, 4) is 0 Å². The van der Waals surface area contributed by atoms with Gasteiger partial charge in [0.15, 0.2) is 0 Å². The van der Waals surface area contributed by atoms with Crippen LogP contribution in [-0.4, -0.2) is 16.1 Å². The predicted octanol–water partition coefficient (Wildman–Crippen LogP) is 6.44. The lowest BCUT2D eigenvalue weighted by atomic mass is 9.75. The van der Waals surface area contributed by atoms with E-state index in [1.807, 2.05) is 26.0 Å². The largest absolute Gasteiger partial charge is 0.402 e. The molecule has 4 rings (SSSR count). The molecule has 0 saturated heterocycles.